The van der Waals surface area contributed by atoms with Crippen molar-refractivity contribution in [3.63, 3.8) is 0 Å². The van der Waals surface area contributed by atoms with Gasteiger partial charge < -0.3 is 14.9 Å². The maximum absolute atomic E-state index is 10.7. The van der Waals surface area contributed by atoms with Gasteiger partial charge in [0, 0.05) is 0 Å². The van der Waals surface area contributed by atoms with Crippen LogP contribution in [0.15, 0.2) is 0 Å². The maximum Gasteiger partial charge on any atom is 0.503 e. The number of Topliss-reactive ketones (excluding diaryl/α,β-unsaturated/α-hetero) is 1. The molecule has 0 unspecified atom stereocenters. The van der Waals surface area contributed by atoms with E-state index in [9.17, 15) is 9.59 Å². The van der Waals surface area contributed by atoms with Crippen molar-refractivity contribution in [3.05, 3.63) is 0 Å². The molecule has 0 atom stereocenters. The molecule has 0 aliphatic carbocycles. The number of unbranched alkanes of at least 4 members (excludes halogenated alkanes) is 1. The van der Waals surface area contributed by atoms with E-state index in [0.717, 1.165) is 12.8 Å². The number of hydrogen-bond acceptors (Lipinski definition) is 4. The Morgan fingerprint density at radius 3 is 2.00 bits per heavy atom. The SMILES string of the molecule is CCCCOC(=O)CC(C)=O.O=C(O)O. The summed E-state index contributed by atoms with van der Waals surface area (Å²) in [4.78, 5) is 29.6. The number of carbonyl (C=O) groups excluding carboxylic acids is 2. The monoisotopic (exact) mass is 220 g/mol. The van der Waals surface area contributed by atoms with Crippen LogP contribution in [0, 0.1) is 0 Å². The molecule has 0 aliphatic heterocycles. The Kier molecular flexibility index (Phi) is 11.1. The number of ether oxygens (including phenoxy) is 1. The van der Waals surface area contributed by atoms with E-state index in [4.69, 9.17) is 19.7 Å². The molecule has 0 amide bonds. The van der Waals surface area contributed by atoms with Crippen LogP contribution in [0.1, 0.15) is 33.1 Å². The Morgan fingerprint density at radius 1 is 1.20 bits per heavy atom. The standard InChI is InChI=1S/C8H14O3.CH2O3/c1-3-4-5-11-8(10)6-7(2)9;2-1(3)4/h3-6H2,1-2H3;(H2,2,3,4). The van der Waals surface area contributed by atoms with E-state index in [1.807, 2.05) is 6.92 Å². The van der Waals surface area contributed by atoms with Gasteiger partial charge in [0.15, 0.2) is 0 Å². The highest BCUT2D eigenvalue weighted by atomic mass is 16.6. The van der Waals surface area contributed by atoms with Gasteiger partial charge in [0.05, 0.1) is 6.61 Å². The summed E-state index contributed by atoms with van der Waals surface area (Å²) in [6.45, 7) is 3.82. The second-order valence-electron chi connectivity index (χ2n) is 2.74. The summed E-state index contributed by atoms with van der Waals surface area (Å²) in [5.41, 5.74) is 0. The molecule has 0 aromatic carbocycles. The second-order valence-corrected chi connectivity index (χ2v) is 2.74. The fourth-order valence-electron chi connectivity index (χ4n) is 0.585. The molecule has 0 heterocycles. The third-order valence-electron chi connectivity index (χ3n) is 1.15. The van der Waals surface area contributed by atoms with Crippen LogP contribution in [-0.2, 0) is 14.3 Å². The molecule has 0 spiro atoms. The average molecular weight is 220 g/mol. The fourth-order valence-corrected chi connectivity index (χ4v) is 0.585. The van der Waals surface area contributed by atoms with Gasteiger partial charge in [-0.15, -0.1) is 0 Å². The first-order valence-corrected chi connectivity index (χ1v) is 4.47. The van der Waals surface area contributed by atoms with Crippen LogP contribution >= 0.6 is 0 Å². The maximum atomic E-state index is 10.7. The second kappa shape index (κ2) is 10.5. The number of carboxylic acid groups (broad SMARTS) is 2. The van der Waals surface area contributed by atoms with E-state index in [0.29, 0.717) is 6.61 Å². The molecule has 2 N–H and O–H groups in total. The molecular formula is C9H16O6. The van der Waals surface area contributed by atoms with Gasteiger partial charge in [-0.3, -0.25) is 9.59 Å². The highest BCUT2D eigenvalue weighted by Gasteiger charge is 2.04. The third-order valence-corrected chi connectivity index (χ3v) is 1.15. The van der Waals surface area contributed by atoms with Gasteiger partial charge in [0.25, 0.3) is 0 Å². The zero-order valence-corrected chi connectivity index (χ0v) is 8.86. The molecular weight excluding hydrogens is 204 g/mol. The van der Waals surface area contributed by atoms with Crippen LogP contribution in [0.25, 0.3) is 0 Å². The summed E-state index contributed by atoms with van der Waals surface area (Å²) in [6, 6.07) is 0. The zero-order chi connectivity index (χ0) is 12.3. The van der Waals surface area contributed by atoms with Gasteiger partial charge in [0.1, 0.15) is 12.2 Å². The average Bonchev–Trinajstić information content (AvgIpc) is 2.02. The number of ketones is 1. The minimum absolute atomic E-state index is 0.0935. The minimum Gasteiger partial charge on any atom is -0.465 e. The van der Waals surface area contributed by atoms with Gasteiger partial charge >= 0.3 is 12.1 Å². The Bertz CT molecular complexity index is 207. The number of esters is 1. The van der Waals surface area contributed by atoms with Crippen molar-refractivity contribution in [2.45, 2.75) is 33.1 Å². The largest absolute Gasteiger partial charge is 0.503 e. The minimum atomic E-state index is -1.83. The third kappa shape index (κ3) is 24.5. The number of carbonyl (C=O) groups is 3. The lowest BCUT2D eigenvalue weighted by atomic mass is 10.3. The first-order chi connectivity index (χ1) is 6.90. The molecule has 0 rings (SSSR count). The summed E-state index contributed by atoms with van der Waals surface area (Å²) >= 11 is 0. The normalized spacial score (nSPS) is 8.40. The molecule has 0 saturated heterocycles. The summed E-state index contributed by atoms with van der Waals surface area (Å²) in [5, 5.41) is 13.9. The fraction of sp³-hybridized carbons (Fsp3) is 0.667. The molecule has 0 bridgehead atoms. The van der Waals surface area contributed by atoms with Crippen molar-refractivity contribution in [1.29, 1.82) is 0 Å². The Morgan fingerprint density at radius 2 is 1.67 bits per heavy atom. The van der Waals surface area contributed by atoms with Gasteiger partial charge in [-0.2, -0.15) is 0 Å². The van der Waals surface area contributed by atoms with Crippen molar-refractivity contribution in [2.24, 2.45) is 0 Å². The first kappa shape index (κ1) is 15.9. The van der Waals surface area contributed by atoms with Crippen LogP contribution in [0.3, 0.4) is 0 Å². The number of rotatable bonds is 5. The molecule has 0 radical (unpaired) electrons. The van der Waals surface area contributed by atoms with Crippen LogP contribution in [0.2, 0.25) is 0 Å². The van der Waals surface area contributed by atoms with E-state index in [-0.39, 0.29) is 12.2 Å². The Hall–Kier alpha value is -1.59. The van der Waals surface area contributed by atoms with Crippen molar-refractivity contribution < 1.29 is 29.3 Å². The quantitative estimate of drug-likeness (QED) is 0.414. The van der Waals surface area contributed by atoms with Gasteiger partial charge in [0.2, 0.25) is 0 Å². The zero-order valence-electron chi connectivity index (χ0n) is 8.86. The molecule has 0 aromatic rings. The molecule has 6 nitrogen and oxygen atoms in total. The predicted molar refractivity (Wildman–Crippen MR) is 51.8 cm³/mol. The van der Waals surface area contributed by atoms with E-state index in [1.54, 1.807) is 0 Å². The molecule has 0 fully saturated rings. The molecule has 6 heteroatoms. The van der Waals surface area contributed by atoms with E-state index in [1.165, 1.54) is 6.92 Å². The first-order valence-electron chi connectivity index (χ1n) is 4.47. The van der Waals surface area contributed by atoms with Crippen LogP contribution in [0.5, 0.6) is 0 Å². The Labute approximate surface area is 87.9 Å². The summed E-state index contributed by atoms with van der Waals surface area (Å²) in [6.07, 6.45) is -0.0687. The van der Waals surface area contributed by atoms with Crippen LogP contribution in [-0.4, -0.2) is 34.7 Å². The lowest BCUT2D eigenvalue weighted by Crippen LogP contribution is -2.09. The van der Waals surface area contributed by atoms with E-state index >= 15 is 0 Å². The van der Waals surface area contributed by atoms with Crippen LogP contribution in [0.4, 0.5) is 4.79 Å². The summed E-state index contributed by atoms with van der Waals surface area (Å²) < 4.78 is 4.73. The molecule has 15 heavy (non-hydrogen) atoms. The molecule has 0 aromatic heterocycles. The van der Waals surface area contributed by atoms with E-state index in [2.05, 4.69) is 0 Å². The number of hydrogen-bond donors (Lipinski definition) is 2. The van der Waals surface area contributed by atoms with E-state index < -0.39 is 12.1 Å². The van der Waals surface area contributed by atoms with Gasteiger partial charge in [-0.25, -0.2) is 4.79 Å². The van der Waals surface area contributed by atoms with Gasteiger partial charge in [-0.05, 0) is 13.3 Å². The molecule has 88 valence electrons. The predicted octanol–water partition coefficient (Wildman–Crippen LogP) is 1.53. The van der Waals surface area contributed by atoms with Crippen molar-refractivity contribution in [1.82, 2.24) is 0 Å². The summed E-state index contributed by atoms with van der Waals surface area (Å²) in [7, 11) is 0. The smallest absolute Gasteiger partial charge is 0.465 e. The van der Waals surface area contributed by atoms with Crippen molar-refractivity contribution in [2.75, 3.05) is 6.61 Å². The van der Waals surface area contributed by atoms with Crippen molar-refractivity contribution in [3.8, 4) is 0 Å². The highest BCUT2D eigenvalue weighted by Crippen LogP contribution is 1.92. The Balaban J connectivity index is 0. The molecule has 0 aliphatic rings. The summed E-state index contributed by atoms with van der Waals surface area (Å²) in [5.74, 6) is -0.558. The van der Waals surface area contributed by atoms with Gasteiger partial charge in [-0.1, -0.05) is 13.3 Å². The topological polar surface area (TPSA) is 101 Å². The van der Waals surface area contributed by atoms with Crippen molar-refractivity contribution >= 4 is 17.9 Å². The molecule has 0 saturated carbocycles. The lowest BCUT2D eigenvalue weighted by molar-refractivity contribution is -0.145. The van der Waals surface area contributed by atoms with Crippen LogP contribution < -0.4 is 0 Å². The lowest BCUT2D eigenvalue weighted by Gasteiger charge is -2.00. The highest BCUT2D eigenvalue weighted by molar-refractivity contribution is 5.94.